The van der Waals surface area contributed by atoms with E-state index in [0.29, 0.717) is 4.90 Å². The molecule has 1 aromatic heterocycles. The van der Waals surface area contributed by atoms with Gasteiger partial charge in [-0.25, -0.2) is 8.42 Å². The highest BCUT2D eigenvalue weighted by atomic mass is 32.2. The predicted molar refractivity (Wildman–Crippen MR) is 82.2 cm³/mol. The fourth-order valence-electron chi connectivity index (χ4n) is 2.37. The fourth-order valence-corrected chi connectivity index (χ4v) is 3.00. The summed E-state index contributed by atoms with van der Waals surface area (Å²) in [4.78, 5) is 0.318. The molecular formula is C15H20N2O3S. The van der Waals surface area contributed by atoms with Crippen molar-refractivity contribution in [3.05, 3.63) is 41.3 Å². The van der Waals surface area contributed by atoms with E-state index < -0.39 is 9.84 Å². The van der Waals surface area contributed by atoms with Crippen LogP contribution in [0.25, 0.3) is 0 Å². The van der Waals surface area contributed by atoms with Crippen LogP contribution in [0.4, 0.5) is 5.69 Å². The Balaban J connectivity index is 2.24. The molecule has 0 aliphatic rings. The molecule has 5 nitrogen and oxygen atoms in total. The van der Waals surface area contributed by atoms with Crippen molar-refractivity contribution in [1.82, 2.24) is 5.16 Å². The average Bonchev–Trinajstić information content (AvgIpc) is 2.75. The third-order valence-corrected chi connectivity index (χ3v) is 4.60. The van der Waals surface area contributed by atoms with Gasteiger partial charge in [0.1, 0.15) is 5.76 Å². The zero-order chi connectivity index (χ0) is 15.6. The fraction of sp³-hybridized carbons (Fsp3) is 0.400. The van der Waals surface area contributed by atoms with E-state index in [2.05, 4.69) is 17.4 Å². The molecule has 2 aromatic rings. The highest BCUT2D eigenvalue weighted by Crippen LogP contribution is 2.28. The molecule has 1 unspecified atom stereocenters. The van der Waals surface area contributed by atoms with Gasteiger partial charge in [-0.1, -0.05) is 12.1 Å². The summed E-state index contributed by atoms with van der Waals surface area (Å²) in [5.74, 6) is 0.805. The normalized spacial score (nSPS) is 13.1. The monoisotopic (exact) mass is 308 g/mol. The number of nitrogens with one attached hydrogen (secondary N) is 1. The summed E-state index contributed by atoms with van der Waals surface area (Å²) in [5.41, 5.74) is 2.80. The van der Waals surface area contributed by atoms with Gasteiger partial charge in [-0.05, 0) is 44.5 Å². The van der Waals surface area contributed by atoms with Gasteiger partial charge in [-0.15, -0.1) is 0 Å². The van der Waals surface area contributed by atoms with Crippen LogP contribution < -0.4 is 5.32 Å². The molecule has 21 heavy (non-hydrogen) atoms. The zero-order valence-electron chi connectivity index (χ0n) is 12.7. The van der Waals surface area contributed by atoms with Crippen molar-refractivity contribution < 1.29 is 12.9 Å². The van der Waals surface area contributed by atoms with Gasteiger partial charge in [0.15, 0.2) is 9.84 Å². The van der Waals surface area contributed by atoms with E-state index in [4.69, 9.17) is 4.52 Å². The van der Waals surface area contributed by atoms with Crippen molar-refractivity contribution in [3.63, 3.8) is 0 Å². The summed E-state index contributed by atoms with van der Waals surface area (Å²) in [5, 5.41) is 7.38. The minimum atomic E-state index is -3.16. The van der Waals surface area contributed by atoms with Gasteiger partial charge >= 0.3 is 0 Å². The minimum absolute atomic E-state index is 0.0836. The molecule has 0 radical (unpaired) electrons. The standard InChI is InChI=1S/C15H20N2O3S/c1-5-14(15-10(2)17-20-11(15)3)16-12-6-8-13(9-7-12)21(4,18)19/h6-9,14,16H,5H2,1-4H3. The Kier molecular flexibility index (Phi) is 4.37. The molecule has 0 amide bonds. The quantitative estimate of drug-likeness (QED) is 0.918. The summed E-state index contributed by atoms with van der Waals surface area (Å²) in [6, 6.07) is 6.85. The second-order valence-electron chi connectivity index (χ2n) is 5.14. The maximum atomic E-state index is 11.5. The third-order valence-electron chi connectivity index (χ3n) is 3.47. The van der Waals surface area contributed by atoms with E-state index in [1.165, 1.54) is 6.26 Å². The summed E-state index contributed by atoms with van der Waals surface area (Å²) in [6.45, 7) is 5.89. The molecule has 2 rings (SSSR count). The number of nitrogens with zero attached hydrogens (tertiary/aromatic N) is 1. The van der Waals surface area contributed by atoms with Gasteiger partial charge in [-0.2, -0.15) is 0 Å². The van der Waals surface area contributed by atoms with Crippen LogP contribution in [0.1, 0.15) is 36.4 Å². The predicted octanol–water partition coefficient (Wildman–Crippen LogP) is 3.26. The molecule has 0 bridgehead atoms. The first-order valence-corrected chi connectivity index (χ1v) is 8.71. The molecule has 1 N–H and O–H groups in total. The Morgan fingerprint density at radius 2 is 1.86 bits per heavy atom. The Morgan fingerprint density at radius 1 is 1.24 bits per heavy atom. The van der Waals surface area contributed by atoms with Crippen molar-refractivity contribution in [2.24, 2.45) is 0 Å². The highest BCUT2D eigenvalue weighted by Gasteiger charge is 2.19. The summed E-state index contributed by atoms with van der Waals surface area (Å²) >= 11 is 0. The minimum Gasteiger partial charge on any atom is -0.378 e. The lowest BCUT2D eigenvalue weighted by Gasteiger charge is -2.18. The lowest BCUT2D eigenvalue weighted by molar-refractivity contribution is 0.391. The summed E-state index contributed by atoms with van der Waals surface area (Å²) in [6.07, 6.45) is 2.07. The molecule has 1 atom stereocenters. The molecule has 0 fully saturated rings. The molecule has 114 valence electrons. The van der Waals surface area contributed by atoms with Crippen LogP contribution in [-0.2, 0) is 9.84 Å². The molecule has 0 saturated heterocycles. The number of hydrogen-bond acceptors (Lipinski definition) is 5. The van der Waals surface area contributed by atoms with Crippen LogP contribution in [-0.4, -0.2) is 19.8 Å². The summed E-state index contributed by atoms with van der Waals surface area (Å²) in [7, 11) is -3.16. The lowest BCUT2D eigenvalue weighted by Crippen LogP contribution is -2.11. The van der Waals surface area contributed by atoms with Crippen LogP contribution in [0, 0.1) is 13.8 Å². The van der Waals surface area contributed by atoms with Gasteiger partial charge in [0, 0.05) is 17.5 Å². The van der Waals surface area contributed by atoms with Crippen LogP contribution >= 0.6 is 0 Å². The van der Waals surface area contributed by atoms with E-state index in [-0.39, 0.29) is 6.04 Å². The first kappa shape index (κ1) is 15.6. The molecular weight excluding hydrogens is 288 g/mol. The Labute approximate surface area is 125 Å². The topological polar surface area (TPSA) is 72.2 Å². The van der Waals surface area contributed by atoms with Crippen molar-refractivity contribution in [2.45, 2.75) is 38.1 Å². The van der Waals surface area contributed by atoms with Gasteiger partial charge < -0.3 is 9.84 Å². The van der Waals surface area contributed by atoms with Gasteiger partial charge in [0.05, 0.1) is 16.6 Å². The average molecular weight is 308 g/mol. The Hall–Kier alpha value is -1.82. The molecule has 0 spiro atoms. The number of aryl methyl sites for hydroxylation is 2. The summed E-state index contributed by atoms with van der Waals surface area (Å²) < 4.78 is 28.1. The number of sulfone groups is 1. The number of aromatic nitrogens is 1. The van der Waals surface area contributed by atoms with E-state index in [1.54, 1.807) is 24.3 Å². The second kappa shape index (κ2) is 5.89. The molecule has 0 aliphatic carbocycles. The van der Waals surface area contributed by atoms with Crippen LogP contribution in [0.15, 0.2) is 33.7 Å². The third kappa shape index (κ3) is 3.44. The first-order valence-electron chi connectivity index (χ1n) is 6.82. The maximum Gasteiger partial charge on any atom is 0.175 e. The van der Waals surface area contributed by atoms with Crippen LogP contribution in [0.3, 0.4) is 0 Å². The molecule has 6 heteroatoms. The van der Waals surface area contributed by atoms with Gasteiger partial charge in [0.25, 0.3) is 0 Å². The highest BCUT2D eigenvalue weighted by molar-refractivity contribution is 7.90. The maximum absolute atomic E-state index is 11.5. The SMILES string of the molecule is CCC(Nc1ccc(S(C)(=O)=O)cc1)c1c(C)noc1C. The Morgan fingerprint density at radius 3 is 2.29 bits per heavy atom. The van der Waals surface area contributed by atoms with Crippen molar-refractivity contribution in [1.29, 1.82) is 0 Å². The van der Waals surface area contributed by atoms with Gasteiger partial charge in [0.2, 0.25) is 0 Å². The van der Waals surface area contributed by atoms with Crippen LogP contribution in [0.2, 0.25) is 0 Å². The number of anilines is 1. The van der Waals surface area contributed by atoms with E-state index in [1.807, 2.05) is 13.8 Å². The van der Waals surface area contributed by atoms with E-state index in [0.717, 1.165) is 29.1 Å². The smallest absolute Gasteiger partial charge is 0.175 e. The number of hydrogen-bond donors (Lipinski definition) is 1. The second-order valence-corrected chi connectivity index (χ2v) is 7.16. The van der Waals surface area contributed by atoms with E-state index in [9.17, 15) is 8.42 Å². The van der Waals surface area contributed by atoms with Crippen molar-refractivity contribution in [3.8, 4) is 0 Å². The lowest BCUT2D eigenvalue weighted by atomic mass is 10.0. The number of rotatable bonds is 5. The van der Waals surface area contributed by atoms with Crippen molar-refractivity contribution in [2.75, 3.05) is 11.6 Å². The number of benzene rings is 1. The van der Waals surface area contributed by atoms with E-state index >= 15 is 0 Å². The molecule has 0 aliphatic heterocycles. The Bertz CT molecular complexity index is 698. The van der Waals surface area contributed by atoms with Gasteiger partial charge in [-0.3, -0.25) is 0 Å². The van der Waals surface area contributed by atoms with Crippen molar-refractivity contribution >= 4 is 15.5 Å². The zero-order valence-corrected chi connectivity index (χ0v) is 13.5. The molecule has 1 aromatic carbocycles. The first-order chi connectivity index (χ1) is 9.82. The largest absolute Gasteiger partial charge is 0.378 e. The molecule has 1 heterocycles. The molecule has 0 saturated carbocycles. The van der Waals surface area contributed by atoms with Crippen LogP contribution in [0.5, 0.6) is 0 Å².